The van der Waals surface area contributed by atoms with Gasteiger partial charge in [0.15, 0.2) is 0 Å². The molecule has 2 atom stereocenters. The highest BCUT2D eigenvalue weighted by Crippen LogP contribution is 2.21. The molecule has 1 aliphatic rings. The number of hydrogen-bond acceptors (Lipinski definition) is 4. The molecule has 0 spiro atoms. The quantitative estimate of drug-likeness (QED) is 0.420. The van der Waals surface area contributed by atoms with Gasteiger partial charge in [-0.3, -0.25) is 14.8 Å². The van der Waals surface area contributed by atoms with Crippen LogP contribution in [0, 0.1) is 5.92 Å². The van der Waals surface area contributed by atoms with Crippen molar-refractivity contribution in [2.45, 2.75) is 25.8 Å². The van der Waals surface area contributed by atoms with Gasteiger partial charge in [-0.1, -0.05) is 6.92 Å². The van der Waals surface area contributed by atoms with Crippen LogP contribution in [0.3, 0.4) is 0 Å². The number of carbonyl (C=O) groups is 2. The van der Waals surface area contributed by atoms with Gasteiger partial charge in [0, 0.05) is 19.1 Å². The molecule has 15 heavy (non-hydrogen) atoms. The first kappa shape index (κ1) is 11.9. The molecule has 1 aliphatic heterocycles. The van der Waals surface area contributed by atoms with Gasteiger partial charge >= 0.3 is 0 Å². The molecule has 6 nitrogen and oxygen atoms in total. The number of aliphatic hydroxyl groups excluding tert-OH is 1. The van der Waals surface area contributed by atoms with E-state index in [-0.39, 0.29) is 24.9 Å². The zero-order valence-corrected chi connectivity index (χ0v) is 8.64. The summed E-state index contributed by atoms with van der Waals surface area (Å²) in [6.07, 6.45) is 0.852. The third kappa shape index (κ3) is 2.45. The number of aliphatic hydroxyl groups is 1. The molecule has 0 aromatic carbocycles. The van der Waals surface area contributed by atoms with Gasteiger partial charge in [0.1, 0.15) is 6.04 Å². The number of carbonyl (C=O) groups excluding carboxylic acids is 2. The molecule has 1 rings (SSSR count). The number of nitrogens with one attached hydrogen (secondary N) is 1. The van der Waals surface area contributed by atoms with Gasteiger partial charge < -0.3 is 10.0 Å². The number of amides is 2. The van der Waals surface area contributed by atoms with Gasteiger partial charge in [-0.15, -0.1) is 0 Å². The number of nitrogens with zero attached hydrogens (tertiary/aromatic N) is 1. The third-order valence-corrected chi connectivity index (χ3v) is 2.70. The monoisotopic (exact) mass is 216 g/mol. The predicted molar refractivity (Wildman–Crippen MR) is 50.9 cm³/mol. The van der Waals surface area contributed by atoms with Crippen LogP contribution in [0.5, 0.6) is 0 Å². The second kappa shape index (κ2) is 5.09. The molecule has 0 aliphatic carbocycles. The first-order chi connectivity index (χ1) is 7.11. The van der Waals surface area contributed by atoms with Crippen LogP contribution in [-0.4, -0.2) is 46.2 Å². The second-order valence-corrected chi connectivity index (χ2v) is 3.73. The van der Waals surface area contributed by atoms with Crippen LogP contribution in [-0.2, 0) is 9.59 Å². The lowest BCUT2D eigenvalue weighted by Crippen LogP contribution is -2.47. The lowest BCUT2D eigenvalue weighted by molar-refractivity contribution is -0.143. The summed E-state index contributed by atoms with van der Waals surface area (Å²) in [5.41, 5.74) is 1.52. The van der Waals surface area contributed by atoms with Gasteiger partial charge in [-0.2, -0.15) is 0 Å². The minimum absolute atomic E-state index is 0.0855. The van der Waals surface area contributed by atoms with E-state index in [1.54, 1.807) is 6.92 Å². The minimum Gasteiger partial charge on any atom is -0.396 e. The Balaban J connectivity index is 2.72. The molecule has 1 fully saturated rings. The number of hydroxylamine groups is 1. The van der Waals surface area contributed by atoms with Crippen LogP contribution in [0.15, 0.2) is 0 Å². The molecular weight excluding hydrogens is 200 g/mol. The van der Waals surface area contributed by atoms with Crippen molar-refractivity contribution in [2.75, 3.05) is 13.2 Å². The zero-order valence-electron chi connectivity index (χ0n) is 8.64. The van der Waals surface area contributed by atoms with Crippen molar-refractivity contribution in [3.63, 3.8) is 0 Å². The zero-order chi connectivity index (χ0) is 11.4. The predicted octanol–water partition coefficient (Wildman–Crippen LogP) is -0.889. The average molecular weight is 216 g/mol. The Morgan fingerprint density at radius 2 is 2.40 bits per heavy atom. The van der Waals surface area contributed by atoms with Crippen molar-refractivity contribution >= 4 is 11.8 Å². The molecule has 1 heterocycles. The fourth-order valence-corrected chi connectivity index (χ4v) is 1.78. The molecule has 0 bridgehead atoms. The number of rotatable bonds is 4. The van der Waals surface area contributed by atoms with Gasteiger partial charge in [0.25, 0.3) is 5.91 Å². The largest absolute Gasteiger partial charge is 0.396 e. The van der Waals surface area contributed by atoms with Crippen LogP contribution in [0.1, 0.15) is 19.8 Å². The summed E-state index contributed by atoms with van der Waals surface area (Å²) in [4.78, 5) is 24.3. The van der Waals surface area contributed by atoms with E-state index >= 15 is 0 Å². The average Bonchev–Trinajstić information content (AvgIpc) is 2.56. The second-order valence-electron chi connectivity index (χ2n) is 3.73. The summed E-state index contributed by atoms with van der Waals surface area (Å²) >= 11 is 0. The topological polar surface area (TPSA) is 89.9 Å². The van der Waals surface area contributed by atoms with E-state index in [1.807, 2.05) is 0 Å². The van der Waals surface area contributed by atoms with Gasteiger partial charge in [-0.05, 0) is 12.8 Å². The summed E-state index contributed by atoms with van der Waals surface area (Å²) < 4.78 is 0. The SMILES string of the molecule is CC1CCN(C(CCO)C(=O)NO)C1=O. The van der Waals surface area contributed by atoms with Gasteiger partial charge in [0.05, 0.1) is 0 Å². The number of hydrogen-bond donors (Lipinski definition) is 3. The van der Waals surface area contributed by atoms with Crippen molar-refractivity contribution in [2.24, 2.45) is 5.92 Å². The molecule has 6 heteroatoms. The summed E-state index contributed by atoms with van der Waals surface area (Å²) in [7, 11) is 0. The fraction of sp³-hybridized carbons (Fsp3) is 0.778. The molecule has 3 N–H and O–H groups in total. The van der Waals surface area contributed by atoms with Crippen LogP contribution < -0.4 is 5.48 Å². The van der Waals surface area contributed by atoms with Crippen molar-refractivity contribution in [1.29, 1.82) is 0 Å². The summed E-state index contributed by atoms with van der Waals surface area (Å²) in [6.45, 7) is 2.10. The van der Waals surface area contributed by atoms with Crippen LogP contribution in [0.25, 0.3) is 0 Å². The highest BCUT2D eigenvalue weighted by Gasteiger charge is 2.36. The minimum atomic E-state index is -0.766. The van der Waals surface area contributed by atoms with Crippen molar-refractivity contribution < 1.29 is 19.9 Å². The summed E-state index contributed by atoms with van der Waals surface area (Å²) in [6, 6.07) is -0.766. The Kier molecular flexibility index (Phi) is 4.05. The van der Waals surface area contributed by atoms with Crippen LogP contribution >= 0.6 is 0 Å². The molecule has 1 saturated heterocycles. The Morgan fingerprint density at radius 3 is 2.80 bits per heavy atom. The van der Waals surface area contributed by atoms with Crippen LogP contribution in [0.4, 0.5) is 0 Å². The first-order valence-corrected chi connectivity index (χ1v) is 4.97. The molecule has 0 saturated carbocycles. The van der Waals surface area contributed by atoms with E-state index in [4.69, 9.17) is 10.3 Å². The van der Waals surface area contributed by atoms with E-state index in [1.165, 1.54) is 10.4 Å². The Labute approximate surface area is 87.8 Å². The smallest absolute Gasteiger partial charge is 0.266 e. The standard InChI is InChI=1S/C9H16N2O4/c1-6-2-4-11(9(6)14)7(3-5-12)8(13)10-15/h6-7,12,15H,2-5H2,1H3,(H,10,13). The highest BCUT2D eigenvalue weighted by molar-refractivity contribution is 5.88. The van der Waals surface area contributed by atoms with E-state index in [0.29, 0.717) is 13.0 Å². The lowest BCUT2D eigenvalue weighted by atomic mass is 10.1. The summed E-state index contributed by atoms with van der Waals surface area (Å²) in [5, 5.41) is 17.3. The maximum atomic E-state index is 11.6. The van der Waals surface area contributed by atoms with Gasteiger partial charge in [-0.25, -0.2) is 5.48 Å². The van der Waals surface area contributed by atoms with Crippen LogP contribution in [0.2, 0.25) is 0 Å². The molecule has 0 radical (unpaired) electrons. The molecule has 0 aromatic heterocycles. The van der Waals surface area contributed by atoms with Gasteiger partial charge in [0.2, 0.25) is 5.91 Å². The Morgan fingerprint density at radius 1 is 1.73 bits per heavy atom. The molecule has 86 valence electrons. The Bertz CT molecular complexity index is 256. The molecule has 0 aromatic rings. The van der Waals surface area contributed by atoms with Crippen molar-refractivity contribution in [3.05, 3.63) is 0 Å². The number of likely N-dealkylation sites (tertiary alicyclic amines) is 1. The molecule has 2 amide bonds. The Hall–Kier alpha value is -1.14. The third-order valence-electron chi connectivity index (χ3n) is 2.70. The van der Waals surface area contributed by atoms with E-state index in [2.05, 4.69) is 0 Å². The van der Waals surface area contributed by atoms with Crippen molar-refractivity contribution in [3.8, 4) is 0 Å². The fourth-order valence-electron chi connectivity index (χ4n) is 1.78. The maximum absolute atomic E-state index is 11.6. The summed E-state index contributed by atoms with van der Waals surface area (Å²) in [5.74, 6) is -0.832. The van der Waals surface area contributed by atoms with E-state index < -0.39 is 11.9 Å². The first-order valence-electron chi connectivity index (χ1n) is 4.97. The van der Waals surface area contributed by atoms with E-state index in [0.717, 1.165) is 0 Å². The maximum Gasteiger partial charge on any atom is 0.266 e. The lowest BCUT2D eigenvalue weighted by Gasteiger charge is -2.25. The van der Waals surface area contributed by atoms with E-state index in [9.17, 15) is 9.59 Å². The molecular formula is C9H16N2O4. The molecule has 2 unspecified atom stereocenters. The normalized spacial score (nSPS) is 23.0. The van der Waals surface area contributed by atoms with Crippen molar-refractivity contribution in [1.82, 2.24) is 10.4 Å². The highest BCUT2D eigenvalue weighted by atomic mass is 16.5.